The third kappa shape index (κ3) is 10.4. The standard InChI is InChI=1S/C32H28FN3O6.C29H26FN3O3/c1-32(2,3)36-29(38)18-8-6-7-17(13-18)20-14-21-24(30(39)34-4)27(16-9-11-19(33)12-10-16)42-28(21)23-22(15-35-25(20)23)26(37)31(40)41-5;1-29(2,3)33-27(34)18-7-5-6-17(14-18)21-15-22-23(28(35)31-4)25(16-8-10-19(30)11-9-16)36-26(22)20-12-13-32-24(20)21/h6-15,35H,1-5H3,(H,34,39)(H,36,38);5-15,32H,1-4H3,(H,31,35)(H,33,34). The Kier molecular flexibility index (Phi) is 14.2. The molecule has 0 aliphatic carbocycles. The number of H-pyrrole nitrogens is 2. The lowest BCUT2D eigenvalue weighted by Crippen LogP contribution is -2.40. The number of rotatable bonds is 10. The van der Waals surface area contributed by atoms with Crippen LogP contribution in [0.3, 0.4) is 0 Å². The summed E-state index contributed by atoms with van der Waals surface area (Å²) in [4.78, 5) is 83.9. The molecule has 0 radical (unpaired) electrons. The van der Waals surface area contributed by atoms with Crippen LogP contribution in [-0.2, 0) is 9.53 Å². The first kappa shape index (κ1) is 53.2. The largest absolute Gasteiger partial charge is 0.463 e. The van der Waals surface area contributed by atoms with Gasteiger partial charge in [0.2, 0.25) is 0 Å². The summed E-state index contributed by atoms with van der Waals surface area (Å²) >= 11 is 0. The topological polar surface area (TPSA) is 218 Å². The molecule has 10 rings (SSSR count). The quantitative estimate of drug-likeness (QED) is 0.0435. The van der Waals surface area contributed by atoms with Crippen molar-refractivity contribution in [1.82, 2.24) is 31.2 Å². The SMILES string of the molecule is CNC(=O)c1c(-c2ccc(F)cc2)oc2c1cc(-c1cccc(C(=O)NC(C)(C)C)c1)c1[nH]cc(C(=O)C(=O)OC)c12.CNC(=O)c1c(-c2ccc(F)cc2)oc2c1cc(-c1cccc(C(=O)NC(C)(C)C)c1)c1[nH]ccc12. The van der Waals surface area contributed by atoms with Crippen LogP contribution in [-0.4, -0.2) is 77.6 Å². The highest BCUT2D eigenvalue weighted by atomic mass is 19.1. The Morgan fingerprint density at radius 3 is 1.45 bits per heavy atom. The van der Waals surface area contributed by atoms with Crippen molar-refractivity contribution in [1.29, 1.82) is 0 Å². The molecule has 396 valence electrons. The normalized spacial score (nSPS) is 11.6. The van der Waals surface area contributed by atoms with Crippen LogP contribution in [0.4, 0.5) is 8.78 Å². The van der Waals surface area contributed by atoms with Crippen LogP contribution in [0.1, 0.15) is 93.3 Å². The van der Waals surface area contributed by atoms with Gasteiger partial charge in [-0.2, -0.15) is 0 Å². The third-order valence-corrected chi connectivity index (χ3v) is 12.7. The highest BCUT2D eigenvalue weighted by Crippen LogP contribution is 2.44. The Morgan fingerprint density at radius 1 is 0.526 bits per heavy atom. The smallest absolute Gasteiger partial charge is 0.379 e. The number of amides is 4. The van der Waals surface area contributed by atoms with E-state index < -0.39 is 29.0 Å². The zero-order valence-electron chi connectivity index (χ0n) is 44.1. The number of Topliss-reactive ketones (excluding diaryl/α,β-unsaturated/α-hetero) is 1. The molecule has 4 aromatic heterocycles. The number of ether oxygens (including phenoxy) is 1. The van der Waals surface area contributed by atoms with Gasteiger partial charge < -0.3 is 44.8 Å². The number of fused-ring (bicyclic) bond motifs is 6. The van der Waals surface area contributed by atoms with E-state index in [0.717, 1.165) is 29.1 Å². The number of esters is 1. The molecular weight excluding hydrogens is 999 g/mol. The summed E-state index contributed by atoms with van der Waals surface area (Å²) in [5, 5.41) is 13.3. The number of benzene rings is 6. The van der Waals surface area contributed by atoms with Gasteiger partial charge in [-0.1, -0.05) is 24.3 Å². The minimum atomic E-state index is -1.08. The number of furan rings is 2. The zero-order chi connectivity index (χ0) is 56.0. The fourth-order valence-electron chi connectivity index (χ4n) is 9.26. The zero-order valence-corrected chi connectivity index (χ0v) is 44.1. The maximum atomic E-state index is 13.7. The summed E-state index contributed by atoms with van der Waals surface area (Å²) in [7, 11) is 4.13. The molecule has 4 amide bonds. The van der Waals surface area contributed by atoms with Crippen molar-refractivity contribution in [2.45, 2.75) is 52.6 Å². The van der Waals surface area contributed by atoms with Crippen LogP contribution in [0.25, 0.3) is 88.6 Å². The maximum absolute atomic E-state index is 13.7. The molecule has 0 spiro atoms. The minimum Gasteiger partial charge on any atom is -0.463 e. The summed E-state index contributed by atoms with van der Waals surface area (Å²) in [5.41, 5.74) is 6.40. The van der Waals surface area contributed by atoms with E-state index in [1.165, 1.54) is 49.6 Å². The Morgan fingerprint density at radius 2 is 0.987 bits per heavy atom. The van der Waals surface area contributed by atoms with E-state index in [9.17, 15) is 37.5 Å². The van der Waals surface area contributed by atoms with Crippen molar-refractivity contribution in [3.63, 3.8) is 0 Å². The van der Waals surface area contributed by atoms with E-state index in [1.54, 1.807) is 55.6 Å². The van der Waals surface area contributed by atoms with E-state index in [2.05, 4.69) is 36.0 Å². The second-order valence-electron chi connectivity index (χ2n) is 20.5. The molecule has 78 heavy (non-hydrogen) atoms. The average Bonchev–Trinajstić information content (AvgIpc) is 4.42. The van der Waals surface area contributed by atoms with Crippen molar-refractivity contribution in [3.8, 4) is 44.9 Å². The molecule has 0 unspecified atom stereocenters. The molecule has 0 atom stereocenters. The van der Waals surface area contributed by atoms with Crippen molar-refractivity contribution >= 4 is 79.1 Å². The van der Waals surface area contributed by atoms with Gasteiger partial charge in [-0.15, -0.1) is 0 Å². The highest BCUT2D eigenvalue weighted by Gasteiger charge is 2.31. The number of ketones is 1. The molecule has 4 heterocycles. The van der Waals surface area contributed by atoms with Gasteiger partial charge >= 0.3 is 5.97 Å². The Hall–Kier alpha value is -9.64. The first-order valence-electron chi connectivity index (χ1n) is 24.7. The second kappa shape index (κ2) is 20.8. The first-order valence-corrected chi connectivity index (χ1v) is 24.7. The van der Waals surface area contributed by atoms with Crippen molar-refractivity contribution in [2.24, 2.45) is 0 Å². The Labute approximate surface area is 445 Å². The van der Waals surface area contributed by atoms with Gasteiger partial charge in [0.1, 0.15) is 34.3 Å². The van der Waals surface area contributed by atoms with E-state index in [1.807, 2.05) is 78.1 Å². The van der Waals surface area contributed by atoms with Crippen molar-refractivity contribution in [3.05, 3.63) is 167 Å². The monoisotopic (exact) mass is 1050 g/mol. The van der Waals surface area contributed by atoms with Crippen molar-refractivity contribution < 1.29 is 51.1 Å². The minimum absolute atomic E-state index is 0.0202. The number of nitrogens with one attached hydrogen (secondary N) is 6. The molecule has 10 aromatic rings. The van der Waals surface area contributed by atoms with Crippen LogP contribution in [0.2, 0.25) is 0 Å². The molecule has 0 saturated carbocycles. The number of hydrogen-bond donors (Lipinski definition) is 6. The molecule has 0 fully saturated rings. The van der Waals surface area contributed by atoms with Crippen LogP contribution >= 0.6 is 0 Å². The third-order valence-electron chi connectivity index (χ3n) is 12.7. The lowest BCUT2D eigenvalue weighted by molar-refractivity contribution is -0.135. The molecule has 0 aliphatic heterocycles. The van der Waals surface area contributed by atoms with Crippen LogP contribution in [0, 0.1) is 11.6 Å². The number of hydrogen-bond acceptors (Lipinski definition) is 9. The van der Waals surface area contributed by atoms with E-state index in [0.29, 0.717) is 66.6 Å². The summed E-state index contributed by atoms with van der Waals surface area (Å²) in [6, 6.07) is 31.1. The summed E-state index contributed by atoms with van der Waals surface area (Å²) in [5.74, 6) is -3.55. The van der Waals surface area contributed by atoms with Crippen molar-refractivity contribution in [2.75, 3.05) is 21.2 Å². The van der Waals surface area contributed by atoms with Gasteiger partial charge in [0.05, 0.1) is 40.2 Å². The summed E-state index contributed by atoms with van der Waals surface area (Å²) in [6.45, 7) is 11.4. The number of methoxy groups -OCH3 is 1. The predicted octanol–water partition coefficient (Wildman–Crippen LogP) is 11.9. The van der Waals surface area contributed by atoms with Gasteiger partial charge in [-0.25, -0.2) is 13.6 Å². The second-order valence-corrected chi connectivity index (χ2v) is 20.5. The molecule has 6 aromatic carbocycles. The molecule has 17 heteroatoms. The van der Waals surface area contributed by atoms with Gasteiger partial charge in [0.25, 0.3) is 29.4 Å². The number of carbonyl (C=O) groups excluding carboxylic acids is 6. The van der Waals surface area contributed by atoms with Gasteiger partial charge in [0, 0.05) is 87.1 Å². The molecule has 0 saturated heterocycles. The fraction of sp³-hybridized carbons (Fsp3) is 0.180. The van der Waals surface area contributed by atoms with E-state index in [-0.39, 0.29) is 56.9 Å². The number of aromatic nitrogens is 2. The van der Waals surface area contributed by atoms with Crippen LogP contribution < -0.4 is 21.3 Å². The van der Waals surface area contributed by atoms with Gasteiger partial charge in [-0.05, 0) is 144 Å². The van der Waals surface area contributed by atoms with Gasteiger partial charge in [0.15, 0.2) is 0 Å². The van der Waals surface area contributed by atoms with Crippen LogP contribution in [0.15, 0.2) is 136 Å². The number of carbonyl (C=O) groups is 6. The number of halogens is 2. The predicted molar refractivity (Wildman–Crippen MR) is 295 cm³/mol. The van der Waals surface area contributed by atoms with E-state index in [4.69, 9.17) is 8.83 Å². The first-order chi connectivity index (χ1) is 37.1. The highest BCUT2D eigenvalue weighted by molar-refractivity contribution is 6.44. The average molecular weight is 1050 g/mol. The molecule has 0 aliphatic rings. The molecule has 15 nitrogen and oxygen atoms in total. The summed E-state index contributed by atoms with van der Waals surface area (Å²) in [6.07, 6.45) is 3.19. The lowest BCUT2D eigenvalue weighted by atomic mass is 9.95. The van der Waals surface area contributed by atoms with E-state index >= 15 is 0 Å². The summed E-state index contributed by atoms with van der Waals surface area (Å²) < 4.78 is 44.5. The fourth-order valence-corrected chi connectivity index (χ4v) is 9.26. The number of aromatic amines is 2. The Balaban J connectivity index is 0.000000192. The molecule has 6 N–H and O–H groups in total. The maximum Gasteiger partial charge on any atom is 0.379 e. The van der Waals surface area contributed by atoms with Crippen LogP contribution in [0.5, 0.6) is 0 Å². The lowest BCUT2D eigenvalue weighted by Gasteiger charge is -2.20. The Bertz CT molecular complexity index is 4040. The molecular formula is C61H54F2N6O9. The molecule has 0 bridgehead atoms. The van der Waals surface area contributed by atoms with Gasteiger partial charge in [-0.3, -0.25) is 24.0 Å².